The Balaban J connectivity index is 1.36. The molecule has 9 nitrogen and oxygen atoms in total. The fourth-order valence-electron chi connectivity index (χ4n) is 7.36. The number of carbonyl (C=O) groups excluding carboxylic acids is 1. The van der Waals surface area contributed by atoms with Crippen molar-refractivity contribution in [3.63, 3.8) is 0 Å². The van der Waals surface area contributed by atoms with Crippen molar-refractivity contribution in [3.8, 4) is 23.2 Å². The summed E-state index contributed by atoms with van der Waals surface area (Å²) in [5.74, 6) is -1.56. The van der Waals surface area contributed by atoms with E-state index in [1.54, 1.807) is 6.07 Å². The van der Waals surface area contributed by atoms with Gasteiger partial charge in [-0.25, -0.2) is 13.2 Å². The number of benzene rings is 2. The Labute approximate surface area is 271 Å². The minimum atomic E-state index is -0.952. The van der Waals surface area contributed by atoms with Crippen LogP contribution in [0, 0.1) is 28.9 Å². The predicted octanol–water partition coefficient (Wildman–Crippen LogP) is 6.24. The van der Waals surface area contributed by atoms with E-state index >= 15 is 4.39 Å². The number of alkyl halides is 1. The number of aromatic nitrogens is 2. The number of rotatable bonds is 6. The lowest BCUT2D eigenvalue weighted by Crippen LogP contribution is -2.43. The molecule has 46 heavy (non-hydrogen) atoms. The van der Waals surface area contributed by atoms with Gasteiger partial charge in [-0.2, -0.15) is 15.2 Å². The number of anilines is 2. The zero-order valence-electron chi connectivity index (χ0n) is 24.9. The van der Waals surface area contributed by atoms with Crippen LogP contribution in [-0.2, 0) is 9.53 Å². The third-order valence-corrected chi connectivity index (χ3v) is 10.9. The highest BCUT2D eigenvalue weighted by Gasteiger charge is 2.49. The molecule has 0 amide bonds. The molecule has 3 fully saturated rings. The molecule has 3 aliphatic heterocycles. The largest absolute Gasteiger partial charge is 0.469 e. The molecule has 0 spiro atoms. The maximum Gasteiger partial charge on any atom is 0.319 e. The zero-order valence-corrected chi connectivity index (χ0v) is 26.5. The third-order valence-electron chi connectivity index (χ3n) is 9.60. The lowest BCUT2D eigenvalue weighted by Gasteiger charge is -2.33. The smallest absolute Gasteiger partial charge is 0.319 e. The van der Waals surface area contributed by atoms with E-state index in [0.717, 1.165) is 30.7 Å². The number of nitrogen functional groups attached to an aromatic ring is 1. The van der Waals surface area contributed by atoms with Crippen LogP contribution in [0.15, 0.2) is 18.2 Å². The molecule has 5 heterocycles. The minimum absolute atomic E-state index is 0.00923. The van der Waals surface area contributed by atoms with E-state index in [4.69, 9.17) is 31.8 Å². The van der Waals surface area contributed by atoms with E-state index in [9.17, 15) is 18.8 Å². The van der Waals surface area contributed by atoms with Crippen molar-refractivity contribution < 1.29 is 27.4 Å². The standard InChI is InChI=1S/C32H30ClF3N6O3S/c1-44-30(43)16-5-9-41(10-6-16)29-19-11-21(33)24(18-3-4-22(35)27-23(18)20(13-37)28(38)46-27)25(36)26(19)39-31(40-29)45-15-32-7-2-8-42(32)14-17(34)12-32/h3-4,11,16-17H,2,5-10,12,14-15,38H2,1H3/t17-,32+/m1/s1. The Morgan fingerprint density at radius 1 is 1.26 bits per heavy atom. The molecule has 240 valence electrons. The lowest BCUT2D eigenvalue weighted by molar-refractivity contribution is -0.146. The number of nitrogens with zero attached hydrogens (tertiary/aromatic N) is 5. The Morgan fingerprint density at radius 3 is 2.78 bits per heavy atom. The summed E-state index contributed by atoms with van der Waals surface area (Å²) in [5.41, 5.74) is 5.65. The topological polar surface area (TPSA) is 118 Å². The van der Waals surface area contributed by atoms with Crippen molar-refractivity contribution >= 4 is 60.7 Å². The molecule has 7 rings (SSSR count). The zero-order chi connectivity index (χ0) is 32.3. The summed E-state index contributed by atoms with van der Waals surface area (Å²) in [4.78, 5) is 25.5. The van der Waals surface area contributed by atoms with E-state index in [0.29, 0.717) is 50.1 Å². The minimum Gasteiger partial charge on any atom is -0.469 e. The molecule has 3 saturated heterocycles. The molecule has 0 bridgehead atoms. The normalized spacial score (nSPS) is 22.0. The summed E-state index contributed by atoms with van der Waals surface area (Å²) >= 11 is 7.69. The van der Waals surface area contributed by atoms with Gasteiger partial charge in [0.05, 0.1) is 33.9 Å². The van der Waals surface area contributed by atoms with Crippen molar-refractivity contribution in [1.29, 1.82) is 5.26 Å². The van der Waals surface area contributed by atoms with Gasteiger partial charge in [-0.05, 0) is 49.9 Å². The average molecular weight is 671 g/mol. The van der Waals surface area contributed by atoms with E-state index in [-0.39, 0.29) is 66.8 Å². The number of piperidine rings is 1. The number of hydrogen-bond donors (Lipinski definition) is 1. The maximum atomic E-state index is 16.9. The second kappa shape index (κ2) is 11.7. The molecule has 0 unspecified atom stereocenters. The average Bonchev–Trinajstić information content (AvgIpc) is 3.70. The van der Waals surface area contributed by atoms with Crippen LogP contribution in [-0.4, -0.2) is 72.4 Å². The Bertz CT molecular complexity index is 1930. The highest BCUT2D eigenvalue weighted by molar-refractivity contribution is 7.23. The van der Waals surface area contributed by atoms with Gasteiger partial charge in [-0.3, -0.25) is 9.69 Å². The van der Waals surface area contributed by atoms with Crippen molar-refractivity contribution in [2.45, 2.75) is 43.8 Å². The van der Waals surface area contributed by atoms with Crippen molar-refractivity contribution in [2.75, 3.05) is 50.5 Å². The van der Waals surface area contributed by atoms with Gasteiger partial charge in [0.25, 0.3) is 0 Å². The lowest BCUT2D eigenvalue weighted by atomic mass is 9.95. The van der Waals surface area contributed by atoms with Crippen molar-refractivity contribution in [3.05, 3.63) is 40.4 Å². The summed E-state index contributed by atoms with van der Waals surface area (Å²) in [6, 6.07) is 6.05. The molecule has 2 atom stereocenters. The van der Waals surface area contributed by atoms with Gasteiger partial charge in [0.15, 0.2) is 5.82 Å². The third kappa shape index (κ3) is 4.98. The first-order valence-electron chi connectivity index (χ1n) is 15.1. The molecular formula is C32H30ClF3N6O3S. The molecule has 2 N–H and O–H groups in total. The fraction of sp³-hybridized carbons (Fsp3) is 0.438. The summed E-state index contributed by atoms with van der Waals surface area (Å²) < 4.78 is 57.4. The van der Waals surface area contributed by atoms with Gasteiger partial charge in [0.2, 0.25) is 0 Å². The summed E-state index contributed by atoms with van der Waals surface area (Å²) in [5, 5.41) is 10.4. The van der Waals surface area contributed by atoms with Crippen LogP contribution in [0.2, 0.25) is 5.02 Å². The number of fused-ring (bicyclic) bond motifs is 3. The first kappa shape index (κ1) is 30.8. The first-order chi connectivity index (χ1) is 22.1. The predicted molar refractivity (Wildman–Crippen MR) is 170 cm³/mol. The molecule has 0 aliphatic carbocycles. The fourth-order valence-corrected chi connectivity index (χ4v) is 8.61. The number of nitriles is 1. The van der Waals surface area contributed by atoms with Gasteiger partial charge in [-0.1, -0.05) is 17.7 Å². The summed E-state index contributed by atoms with van der Waals surface area (Å²) in [6.07, 6.45) is 2.09. The van der Waals surface area contributed by atoms with Crippen LogP contribution in [0.5, 0.6) is 6.01 Å². The number of halogens is 4. The van der Waals surface area contributed by atoms with E-state index in [1.807, 2.05) is 11.0 Å². The Kier molecular flexibility index (Phi) is 7.85. The van der Waals surface area contributed by atoms with Crippen LogP contribution in [0.3, 0.4) is 0 Å². The molecular weight excluding hydrogens is 641 g/mol. The first-order valence-corrected chi connectivity index (χ1v) is 16.3. The van der Waals surface area contributed by atoms with Crippen LogP contribution < -0.4 is 15.4 Å². The van der Waals surface area contributed by atoms with Gasteiger partial charge < -0.3 is 20.1 Å². The second-order valence-corrected chi connectivity index (χ2v) is 13.6. The second-order valence-electron chi connectivity index (χ2n) is 12.2. The van der Waals surface area contributed by atoms with Crippen LogP contribution >= 0.6 is 22.9 Å². The monoisotopic (exact) mass is 670 g/mol. The molecule has 0 saturated carbocycles. The van der Waals surface area contributed by atoms with Crippen LogP contribution in [0.1, 0.15) is 37.7 Å². The molecule has 4 aromatic rings. The number of methoxy groups -OCH3 is 1. The van der Waals surface area contributed by atoms with Crippen molar-refractivity contribution in [1.82, 2.24) is 14.9 Å². The van der Waals surface area contributed by atoms with Gasteiger partial charge >= 0.3 is 12.0 Å². The number of thiophene rings is 1. The quantitative estimate of drug-likeness (QED) is 0.238. The van der Waals surface area contributed by atoms with E-state index in [2.05, 4.69) is 9.88 Å². The Hall–Kier alpha value is -3.86. The SMILES string of the molecule is COC(=O)C1CCN(c2nc(OC[C@@]34CCCN3C[C@H](F)C4)nc3c(F)c(-c4ccc(F)c5sc(N)c(C#N)c45)c(Cl)cc23)CC1. The molecule has 0 radical (unpaired) electrons. The molecule has 2 aromatic heterocycles. The summed E-state index contributed by atoms with van der Waals surface area (Å²) in [6.45, 7) is 2.15. The maximum absolute atomic E-state index is 16.9. The van der Waals surface area contributed by atoms with Crippen LogP contribution in [0.25, 0.3) is 32.1 Å². The molecule has 14 heteroatoms. The summed E-state index contributed by atoms with van der Waals surface area (Å²) in [7, 11) is 1.36. The van der Waals surface area contributed by atoms with Gasteiger partial charge in [0.1, 0.15) is 41.0 Å². The van der Waals surface area contributed by atoms with E-state index < -0.39 is 23.3 Å². The van der Waals surface area contributed by atoms with Gasteiger partial charge in [-0.15, -0.1) is 11.3 Å². The highest BCUT2D eigenvalue weighted by atomic mass is 35.5. The van der Waals surface area contributed by atoms with Gasteiger partial charge in [0, 0.05) is 42.4 Å². The highest BCUT2D eigenvalue weighted by Crippen LogP contribution is 2.46. The number of esters is 1. The van der Waals surface area contributed by atoms with E-state index in [1.165, 1.54) is 19.2 Å². The number of carbonyl (C=O) groups is 1. The van der Waals surface area contributed by atoms with Crippen LogP contribution in [0.4, 0.5) is 24.0 Å². The molecule has 2 aromatic carbocycles. The number of hydrogen-bond acceptors (Lipinski definition) is 10. The number of nitrogens with two attached hydrogens (primary N) is 1. The number of ether oxygens (including phenoxy) is 2. The Morgan fingerprint density at radius 2 is 2.04 bits per heavy atom. The molecule has 3 aliphatic rings. The van der Waals surface area contributed by atoms with Crippen molar-refractivity contribution in [2.24, 2.45) is 5.92 Å².